The van der Waals surface area contributed by atoms with Crippen LogP contribution in [0, 0.1) is 12.3 Å². The van der Waals surface area contributed by atoms with E-state index in [0.29, 0.717) is 17.6 Å². The summed E-state index contributed by atoms with van der Waals surface area (Å²) in [6.45, 7) is 0.404. The number of hydrogen-bond donors (Lipinski definition) is 0. The fourth-order valence-electron chi connectivity index (χ4n) is 1.49. The van der Waals surface area contributed by atoms with Crippen LogP contribution in [0.1, 0.15) is 10.5 Å². The molecule has 0 saturated carbocycles. The molecule has 5 heteroatoms. The molecule has 2 aromatic rings. The Morgan fingerprint density at radius 2 is 2.44 bits per heavy atom. The number of hydrogen-bond acceptors (Lipinski definition) is 4. The van der Waals surface area contributed by atoms with E-state index in [9.17, 15) is 4.79 Å². The number of nitrogens with zero attached hydrogens (tertiary/aromatic N) is 3. The number of carbonyl (C=O) groups is 1. The molecule has 80 valence electrons. The van der Waals surface area contributed by atoms with Gasteiger partial charge in [-0.25, -0.2) is 14.8 Å². The highest BCUT2D eigenvalue weighted by molar-refractivity contribution is 6.00. The minimum atomic E-state index is -0.481. The Morgan fingerprint density at radius 3 is 3.12 bits per heavy atom. The van der Waals surface area contributed by atoms with Gasteiger partial charge < -0.3 is 9.30 Å². The highest BCUT2D eigenvalue weighted by Gasteiger charge is 2.14. The molecule has 0 N–H and O–H groups in total. The monoisotopic (exact) mass is 215 g/mol. The van der Waals surface area contributed by atoms with Crippen molar-refractivity contribution < 1.29 is 9.53 Å². The van der Waals surface area contributed by atoms with Crippen molar-refractivity contribution in [2.75, 3.05) is 7.11 Å². The fraction of sp³-hybridized carbons (Fsp3) is 0.182. The van der Waals surface area contributed by atoms with Crippen molar-refractivity contribution in [1.29, 1.82) is 0 Å². The molecule has 2 rings (SSSR count). The lowest BCUT2D eigenvalue weighted by Gasteiger charge is -2.01. The predicted molar refractivity (Wildman–Crippen MR) is 57.7 cm³/mol. The van der Waals surface area contributed by atoms with Gasteiger partial charge in [0.25, 0.3) is 0 Å². The van der Waals surface area contributed by atoms with E-state index in [2.05, 4.69) is 20.6 Å². The first kappa shape index (κ1) is 10.2. The van der Waals surface area contributed by atoms with Crippen LogP contribution in [0.15, 0.2) is 18.6 Å². The van der Waals surface area contributed by atoms with Crippen LogP contribution in [0.3, 0.4) is 0 Å². The van der Waals surface area contributed by atoms with E-state index in [-0.39, 0.29) is 5.69 Å². The smallest absolute Gasteiger partial charge is 0.357 e. The van der Waals surface area contributed by atoms with Crippen LogP contribution in [0.5, 0.6) is 0 Å². The Labute approximate surface area is 92.1 Å². The third kappa shape index (κ3) is 1.50. The van der Waals surface area contributed by atoms with Gasteiger partial charge in [0.1, 0.15) is 12.0 Å². The van der Waals surface area contributed by atoms with Gasteiger partial charge in [-0.3, -0.25) is 0 Å². The van der Waals surface area contributed by atoms with E-state index < -0.39 is 5.97 Å². The number of ether oxygens (including phenoxy) is 1. The summed E-state index contributed by atoms with van der Waals surface area (Å²) in [5.41, 5.74) is 0.886. The second-order valence-electron chi connectivity index (χ2n) is 3.10. The van der Waals surface area contributed by atoms with Gasteiger partial charge in [-0.2, -0.15) is 0 Å². The summed E-state index contributed by atoms with van der Waals surface area (Å²) in [7, 11) is 1.31. The molecule has 0 aliphatic rings. The van der Waals surface area contributed by atoms with Gasteiger partial charge in [-0.1, -0.05) is 5.92 Å². The summed E-state index contributed by atoms with van der Waals surface area (Å²) in [6, 6.07) is 1.75. The third-order valence-electron chi connectivity index (χ3n) is 2.20. The minimum absolute atomic E-state index is 0.253. The standard InChI is InChI=1S/C11H9N3O2/c1-3-5-14-6-4-8-9(11(15)16-2)12-7-13-10(8)14/h1,4,6-7H,5H2,2H3. The molecule has 0 saturated heterocycles. The van der Waals surface area contributed by atoms with Crippen molar-refractivity contribution in [1.82, 2.24) is 14.5 Å². The van der Waals surface area contributed by atoms with E-state index in [1.165, 1.54) is 13.4 Å². The zero-order chi connectivity index (χ0) is 11.5. The molecule has 0 bridgehead atoms. The topological polar surface area (TPSA) is 57.0 Å². The van der Waals surface area contributed by atoms with Crippen molar-refractivity contribution in [3.8, 4) is 12.3 Å². The SMILES string of the molecule is C#CCn1ccc2c(C(=O)OC)ncnc21. The van der Waals surface area contributed by atoms with Crippen LogP contribution >= 0.6 is 0 Å². The molecular weight excluding hydrogens is 206 g/mol. The Bertz CT molecular complexity index is 580. The molecule has 0 amide bonds. The van der Waals surface area contributed by atoms with Gasteiger partial charge in [-0.05, 0) is 6.07 Å². The number of terminal acetylenes is 1. The Balaban J connectivity index is 2.62. The van der Waals surface area contributed by atoms with Gasteiger partial charge in [-0.15, -0.1) is 6.42 Å². The molecule has 2 heterocycles. The van der Waals surface area contributed by atoms with Gasteiger partial charge in [0, 0.05) is 6.20 Å². The van der Waals surface area contributed by atoms with Crippen LogP contribution < -0.4 is 0 Å². The molecule has 16 heavy (non-hydrogen) atoms. The molecule has 0 atom stereocenters. The summed E-state index contributed by atoms with van der Waals surface area (Å²) in [4.78, 5) is 19.4. The maximum absolute atomic E-state index is 11.4. The molecule has 0 unspecified atom stereocenters. The van der Waals surface area contributed by atoms with Crippen LogP contribution in [-0.4, -0.2) is 27.6 Å². The van der Waals surface area contributed by atoms with E-state index in [1.54, 1.807) is 16.8 Å². The lowest BCUT2D eigenvalue weighted by molar-refractivity contribution is 0.0596. The van der Waals surface area contributed by atoms with E-state index in [4.69, 9.17) is 6.42 Å². The molecule has 5 nitrogen and oxygen atoms in total. The van der Waals surface area contributed by atoms with Crippen LogP contribution in [0.4, 0.5) is 0 Å². The van der Waals surface area contributed by atoms with Crippen LogP contribution in [-0.2, 0) is 11.3 Å². The van der Waals surface area contributed by atoms with E-state index in [1.807, 2.05) is 0 Å². The number of rotatable bonds is 2. The van der Waals surface area contributed by atoms with Gasteiger partial charge in [0.15, 0.2) is 5.69 Å². The normalized spacial score (nSPS) is 10.0. The maximum atomic E-state index is 11.4. The summed E-state index contributed by atoms with van der Waals surface area (Å²) in [6.07, 6.45) is 8.32. The number of esters is 1. The van der Waals surface area contributed by atoms with Crippen molar-refractivity contribution in [2.45, 2.75) is 6.54 Å². The average molecular weight is 215 g/mol. The first-order valence-corrected chi connectivity index (χ1v) is 4.59. The largest absolute Gasteiger partial charge is 0.464 e. The first-order valence-electron chi connectivity index (χ1n) is 4.59. The Kier molecular flexibility index (Phi) is 2.56. The molecule has 2 aromatic heterocycles. The second kappa shape index (κ2) is 4.03. The van der Waals surface area contributed by atoms with Crippen LogP contribution in [0.25, 0.3) is 11.0 Å². The first-order chi connectivity index (χ1) is 7.77. The summed E-state index contributed by atoms with van der Waals surface area (Å²) >= 11 is 0. The van der Waals surface area contributed by atoms with Gasteiger partial charge in [0.05, 0.1) is 19.0 Å². The Morgan fingerprint density at radius 1 is 1.62 bits per heavy atom. The van der Waals surface area contributed by atoms with Crippen molar-refractivity contribution >= 4 is 17.0 Å². The number of fused-ring (bicyclic) bond motifs is 1. The summed E-state index contributed by atoms with van der Waals surface area (Å²) in [5.74, 6) is 2.03. The van der Waals surface area contributed by atoms with E-state index in [0.717, 1.165) is 0 Å². The molecule has 0 aromatic carbocycles. The van der Waals surface area contributed by atoms with Crippen molar-refractivity contribution in [2.24, 2.45) is 0 Å². The summed E-state index contributed by atoms with van der Waals surface area (Å²) in [5, 5.41) is 0.643. The van der Waals surface area contributed by atoms with Gasteiger partial charge in [0.2, 0.25) is 0 Å². The quantitative estimate of drug-likeness (QED) is 0.550. The molecule has 0 spiro atoms. The zero-order valence-corrected chi connectivity index (χ0v) is 8.67. The lowest BCUT2D eigenvalue weighted by Crippen LogP contribution is -2.06. The third-order valence-corrected chi connectivity index (χ3v) is 2.20. The zero-order valence-electron chi connectivity index (χ0n) is 8.67. The van der Waals surface area contributed by atoms with Gasteiger partial charge >= 0.3 is 5.97 Å². The highest BCUT2D eigenvalue weighted by atomic mass is 16.5. The number of carbonyl (C=O) groups excluding carboxylic acids is 1. The molecular formula is C11H9N3O2. The Hall–Kier alpha value is -2.35. The predicted octanol–water partition coefficient (Wildman–Crippen LogP) is 0.851. The lowest BCUT2D eigenvalue weighted by atomic mass is 10.3. The minimum Gasteiger partial charge on any atom is -0.464 e. The highest BCUT2D eigenvalue weighted by Crippen LogP contribution is 2.16. The maximum Gasteiger partial charge on any atom is 0.357 e. The second-order valence-corrected chi connectivity index (χ2v) is 3.10. The molecule has 0 aliphatic heterocycles. The van der Waals surface area contributed by atoms with E-state index >= 15 is 0 Å². The molecule has 0 fully saturated rings. The van der Waals surface area contributed by atoms with Crippen LogP contribution in [0.2, 0.25) is 0 Å². The summed E-state index contributed by atoms with van der Waals surface area (Å²) < 4.78 is 6.40. The average Bonchev–Trinajstić information content (AvgIpc) is 2.72. The number of aromatic nitrogens is 3. The number of methoxy groups -OCH3 is 1. The molecule has 0 radical (unpaired) electrons. The molecule has 0 aliphatic carbocycles. The fourth-order valence-corrected chi connectivity index (χ4v) is 1.49. The van der Waals surface area contributed by atoms with Crippen molar-refractivity contribution in [3.63, 3.8) is 0 Å². The van der Waals surface area contributed by atoms with Crippen molar-refractivity contribution in [3.05, 3.63) is 24.3 Å².